The number of Topliss-reactive ketones (excluding diaryl/α,β-unsaturated/α-hetero) is 1. The summed E-state index contributed by atoms with van der Waals surface area (Å²) in [5.74, 6) is -0.00145. The van der Waals surface area contributed by atoms with Crippen molar-refractivity contribution in [1.82, 2.24) is 4.72 Å². The van der Waals surface area contributed by atoms with Gasteiger partial charge in [-0.3, -0.25) is 9.59 Å². The molecule has 1 aromatic heterocycles. The van der Waals surface area contributed by atoms with Gasteiger partial charge >= 0.3 is 0 Å². The zero-order valence-corrected chi connectivity index (χ0v) is 17.2. The van der Waals surface area contributed by atoms with Gasteiger partial charge in [0.15, 0.2) is 5.78 Å². The summed E-state index contributed by atoms with van der Waals surface area (Å²) in [6.45, 7) is 1.95. The minimum atomic E-state index is -3.78. The van der Waals surface area contributed by atoms with Gasteiger partial charge in [0.25, 0.3) is 0 Å². The third-order valence-electron chi connectivity index (χ3n) is 4.40. The molecule has 3 rings (SSSR count). The molecule has 30 heavy (non-hydrogen) atoms. The van der Waals surface area contributed by atoms with Crippen LogP contribution in [0.25, 0.3) is 0 Å². The highest BCUT2D eigenvalue weighted by atomic mass is 32.2. The van der Waals surface area contributed by atoms with Gasteiger partial charge in [-0.05, 0) is 37.3 Å². The molecule has 8 heteroatoms. The molecule has 0 unspecified atom stereocenters. The zero-order chi connectivity index (χ0) is 21.6. The van der Waals surface area contributed by atoms with Crippen molar-refractivity contribution in [1.29, 1.82) is 0 Å². The van der Waals surface area contributed by atoms with E-state index in [0.29, 0.717) is 17.0 Å². The van der Waals surface area contributed by atoms with Gasteiger partial charge in [-0.2, -0.15) is 0 Å². The van der Waals surface area contributed by atoms with Gasteiger partial charge in [-0.25, -0.2) is 13.1 Å². The maximum absolute atomic E-state index is 12.5. The molecule has 0 aliphatic heterocycles. The molecular weight excluding hydrogens is 404 g/mol. The molecular formula is C22H22N2O5S. The number of hydrogen-bond donors (Lipinski definition) is 2. The molecule has 7 nitrogen and oxygen atoms in total. The smallest absolute Gasteiger partial charge is 0.241 e. The van der Waals surface area contributed by atoms with Gasteiger partial charge in [-0.1, -0.05) is 35.9 Å². The van der Waals surface area contributed by atoms with Crippen LogP contribution < -0.4 is 10.0 Å². The summed E-state index contributed by atoms with van der Waals surface area (Å²) >= 11 is 0. The summed E-state index contributed by atoms with van der Waals surface area (Å²) in [6.07, 6.45) is 1.53. The van der Waals surface area contributed by atoms with E-state index in [2.05, 4.69) is 10.0 Å². The number of rotatable bonds is 9. The van der Waals surface area contributed by atoms with Gasteiger partial charge < -0.3 is 9.73 Å². The molecule has 156 valence electrons. The number of carbonyl (C=O) groups excluding carboxylic acids is 2. The number of sulfonamides is 1. The number of benzene rings is 2. The monoisotopic (exact) mass is 426 g/mol. The second kappa shape index (κ2) is 9.51. The first-order valence-corrected chi connectivity index (χ1v) is 10.8. The molecule has 2 aromatic carbocycles. The fourth-order valence-electron chi connectivity index (χ4n) is 2.74. The van der Waals surface area contributed by atoms with Gasteiger partial charge in [0, 0.05) is 24.1 Å². The van der Waals surface area contributed by atoms with E-state index in [0.717, 1.165) is 5.56 Å². The topological polar surface area (TPSA) is 105 Å². The quantitative estimate of drug-likeness (QED) is 0.508. The van der Waals surface area contributed by atoms with E-state index in [1.165, 1.54) is 24.5 Å². The summed E-state index contributed by atoms with van der Waals surface area (Å²) in [4.78, 5) is 24.4. The normalized spacial score (nSPS) is 11.2. The maximum atomic E-state index is 12.5. The van der Waals surface area contributed by atoms with Crippen LogP contribution in [-0.4, -0.2) is 20.1 Å². The van der Waals surface area contributed by atoms with Gasteiger partial charge in [0.1, 0.15) is 5.76 Å². The number of ketones is 1. The summed E-state index contributed by atoms with van der Waals surface area (Å²) in [7, 11) is -3.78. The Labute approximate surface area is 175 Å². The van der Waals surface area contributed by atoms with Gasteiger partial charge in [0.2, 0.25) is 15.9 Å². The second-order valence-electron chi connectivity index (χ2n) is 6.77. The largest absolute Gasteiger partial charge is 0.468 e. The number of furan rings is 1. The Bertz CT molecular complexity index is 1120. The number of anilines is 1. The van der Waals surface area contributed by atoms with Crippen molar-refractivity contribution in [3.8, 4) is 0 Å². The number of aryl methyl sites for hydroxylation is 1. The van der Waals surface area contributed by atoms with Crippen molar-refractivity contribution in [2.45, 2.75) is 31.2 Å². The van der Waals surface area contributed by atoms with E-state index in [4.69, 9.17) is 4.42 Å². The van der Waals surface area contributed by atoms with Crippen LogP contribution in [0.2, 0.25) is 0 Å². The molecule has 0 aliphatic rings. The van der Waals surface area contributed by atoms with Crippen LogP contribution in [-0.2, 0) is 21.4 Å². The Morgan fingerprint density at radius 2 is 1.73 bits per heavy atom. The summed E-state index contributed by atoms with van der Waals surface area (Å²) in [6, 6.07) is 16.4. The van der Waals surface area contributed by atoms with Crippen LogP contribution in [0, 0.1) is 6.92 Å². The van der Waals surface area contributed by atoms with Crippen LogP contribution in [0.5, 0.6) is 0 Å². The lowest BCUT2D eigenvalue weighted by atomic mass is 10.0. The molecule has 2 N–H and O–H groups in total. The first-order chi connectivity index (χ1) is 14.3. The fourth-order valence-corrected chi connectivity index (χ4v) is 3.78. The second-order valence-corrected chi connectivity index (χ2v) is 8.54. The number of nitrogens with one attached hydrogen (secondary N) is 2. The number of carbonyl (C=O) groups is 2. The molecule has 0 spiro atoms. The summed E-state index contributed by atoms with van der Waals surface area (Å²) in [5.41, 5.74) is 1.95. The van der Waals surface area contributed by atoms with E-state index in [1.807, 2.05) is 19.1 Å². The zero-order valence-electron chi connectivity index (χ0n) is 16.4. The van der Waals surface area contributed by atoms with Crippen LogP contribution in [0.3, 0.4) is 0 Å². The van der Waals surface area contributed by atoms with E-state index in [1.54, 1.807) is 30.3 Å². The molecule has 0 saturated heterocycles. The lowest BCUT2D eigenvalue weighted by Gasteiger charge is -2.09. The minimum absolute atomic E-state index is 0.000428. The van der Waals surface area contributed by atoms with Crippen molar-refractivity contribution in [3.63, 3.8) is 0 Å². The molecule has 3 aromatic rings. The molecule has 0 atom stereocenters. The predicted molar refractivity (Wildman–Crippen MR) is 113 cm³/mol. The highest BCUT2D eigenvalue weighted by Gasteiger charge is 2.16. The van der Waals surface area contributed by atoms with Crippen molar-refractivity contribution in [2.24, 2.45) is 0 Å². The molecule has 0 saturated carbocycles. The van der Waals surface area contributed by atoms with Crippen molar-refractivity contribution < 1.29 is 22.4 Å². The third kappa shape index (κ3) is 5.88. The van der Waals surface area contributed by atoms with E-state index in [9.17, 15) is 18.0 Å². The van der Waals surface area contributed by atoms with E-state index >= 15 is 0 Å². The van der Waals surface area contributed by atoms with E-state index < -0.39 is 10.0 Å². The SMILES string of the molecule is Cc1ccc(C(=O)CCC(=O)Nc2cccc(S(=O)(=O)NCc3ccco3)c2)cc1. The van der Waals surface area contributed by atoms with Crippen LogP contribution >= 0.6 is 0 Å². The Morgan fingerprint density at radius 1 is 0.967 bits per heavy atom. The highest BCUT2D eigenvalue weighted by Crippen LogP contribution is 2.17. The summed E-state index contributed by atoms with van der Waals surface area (Å²) < 4.78 is 32.5. The van der Waals surface area contributed by atoms with Gasteiger partial charge in [-0.15, -0.1) is 0 Å². The predicted octanol–water partition coefficient (Wildman–Crippen LogP) is 3.67. The lowest BCUT2D eigenvalue weighted by Crippen LogP contribution is -2.23. The van der Waals surface area contributed by atoms with Crippen LogP contribution in [0.15, 0.2) is 76.2 Å². The van der Waals surface area contributed by atoms with Crippen LogP contribution in [0.1, 0.15) is 34.5 Å². The fraction of sp³-hybridized carbons (Fsp3) is 0.182. The maximum Gasteiger partial charge on any atom is 0.241 e. The summed E-state index contributed by atoms with van der Waals surface area (Å²) in [5, 5.41) is 2.64. The average Bonchev–Trinajstić information content (AvgIpc) is 3.25. The average molecular weight is 426 g/mol. The third-order valence-corrected chi connectivity index (χ3v) is 5.80. The number of amides is 1. The van der Waals surface area contributed by atoms with E-state index in [-0.39, 0.29) is 36.0 Å². The Kier molecular flexibility index (Phi) is 6.81. The Hall–Kier alpha value is -3.23. The first kappa shape index (κ1) is 21.5. The van der Waals surface area contributed by atoms with Crippen molar-refractivity contribution >= 4 is 27.4 Å². The molecule has 0 bridgehead atoms. The standard InChI is InChI=1S/C22H22N2O5S/c1-16-7-9-17(10-8-16)21(25)11-12-22(26)24-18-4-2-6-20(14-18)30(27,28)23-15-19-5-3-13-29-19/h2-10,13-14,23H,11-12,15H2,1H3,(H,24,26). The minimum Gasteiger partial charge on any atom is -0.468 e. The van der Waals surface area contributed by atoms with Crippen molar-refractivity contribution in [2.75, 3.05) is 5.32 Å². The molecule has 0 fully saturated rings. The Balaban J connectivity index is 1.56. The first-order valence-electron chi connectivity index (χ1n) is 9.35. The highest BCUT2D eigenvalue weighted by molar-refractivity contribution is 7.89. The van der Waals surface area contributed by atoms with Crippen LogP contribution in [0.4, 0.5) is 5.69 Å². The lowest BCUT2D eigenvalue weighted by molar-refractivity contribution is -0.116. The Morgan fingerprint density at radius 3 is 2.43 bits per heavy atom. The molecule has 1 heterocycles. The molecule has 0 aliphatic carbocycles. The van der Waals surface area contributed by atoms with Gasteiger partial charge in [0.05, 0.1) is 17.7 Å². The number of hydrogen-bond acceptors (Lipinski definition) is 5. The van der Waals surface area contributed by atoms with Crippen molar-refractivity contribution in [3.05, 3.63) is 83.8 Å². The molecule has 1 amide bonds. The molecule has 0 radical (unpaired) electrons.